The quantitative estimate of drug-likeness (QED) is 0.145. The van der Waals surface area contributed by atoms with Gasteiger partial charge in [0, 0.05) is 23.7 Å². The normalized spacial score (nSPS) is 22.7. The Labute approximate surface area is 216 Å². The number of aliphatic hydroxyl groups excluding tert-OH is 1. The monoisotopic (exact) mass is 506 g/mol. The van der Waals surface area contributed by atoms with Gasteiger partial charge in [0.25, 0.3) is 5.60 Å². The minimum absolute atomic E-state index is 0.0718. The second-order valence-electron chi connectivity index (χ2n) is 9.82. The molecule has 2 atom stereocenters. The van der Waals surface area contributed by atoms with Gasteiger partial charge in [0.05, 0.1) is 13.2 Å². The van der Waals surface area contributed by atoms with E-state index in [2.05, 4.69) is 11.9 Å². The topological polar surface area (TPSA) is 132 Å². The summed E-state index contributed by atoms with van der Waals surface area (Å²) in [5.74, 6) is -1.41. The number of anilines is 1. The minimum Gasteiger partial charge on any atom is -0.463 e. The van der Waals surface area contributed by atoms with Crippen molar-refractivity contribution in [1.29, 1.82) is 0 Å². The number of nitrogen functional groups attached to an aromatic ring is 1. The SMILES string of the molecule is CCCCCCOC(=O)C12OC1(CC(CO)=C(C)CCc1ccnc(N)c1)C(=O)c1ccccc1C2=O. The number of epoxide rings is 1. The molecule has 1 aromatic heterocycles. The van der Waals surface area contributed by atoms with Crippen molar-refractivity contribution in [2.45, 2.75) is 70.0 Å². The van der Waals surface area contributed by atoms with E-state index in [1.54, 1.807) is 30.5 Å². The van der Waals surface area contributed by atoms with Crippen LogP contribution in [0.4, 0.5) is 5.82 Å². The molecule has 8 heteroatoms. The van der Waals surface area contributed by atoms with Crippen LogP contribution in [0.1, 0.15) is 78.7 Å². The number of unbranched alkanes of at least 4 members (excludes halogenated alkanes) is 3. The fourth-order valence-corrected chi connectivity index (χ4v) is 5.09. The van der Waals surface area contributed by atoms with E-state index >= 15 is 0 Å². The molecule has 1 aliphatic carbocycles. The Morgan fingerprint density at radius 3 is 2.51 bits per heavy atom. The standard InChI is InChI=1S/C29H34N2O6/c1-3-4-5-8-15-36-27(35)29-26(34)23-10-7-6-9-22(23)25(33)28(29,37-29)17-21(18-32)19(2)11-12-20-13-14-31-24(30)16-20/h6-7,9-10,13-14,16,32H,3-5,8,11-12,15,17-18H2,1-2H3,(H2,30,31). The zero-order valence-corrected chi connectivity index (χ0v) is 21.4. The molecule has 0 amide bonds. The molecule has 2 heterocycles. The second kappa shape index (κ2) is 10.9. The van der Waals surface area contributed by atoms with Crippen LogP contribution in [-0.4, -0.2) is 52.0 Å². The maximum absolute atomic E-state index is 13.7. The van der Waals surface area contributed by atoms with Gasteiger partial charge >= 0.3 is 5.97 Å². The van der Waals surface area contributed by atoms with Crippen LogP contribution >= 0.6 is 0 Å². The third kappa shape index (κ3) is 4.83. The Bertz CT molecular complexity index is 1240. The van der Waals surface area contributed by atoms with Crippen molar-refractivity contribution < 1.29 is 29.0 Å². The number of hydrogen-bond donors (Lipinski definition) is 2. The van der Waals surface area contributed by atoms with E-state index in [0.717, 1.165) is 30.4 Å². The molecule has 196 valence electrons. The molecule has 2 aromatic rings. The highest BCUT2D eigenvalue weighted by atomic mass is 16.7. The van der Waals surface area contributed by atoms with Gasteiger partial charge in [0.15, 0.2) is 11.4 Å². The summed E-state index contributed by atoms with van der Waals surface area (Å²) in [4.78, 5) is 44.7. The number of fused-ring (bicyclic) bond motifs is 2. The molecular weight excluding hydrogens is 472 g/mol. The van der Waals surface area contributed by atoms with Crippen molar-refractivity contribution in [3.8, 4) is 0 Å². The molecule has 37 heavy (non-hydrogen) atoms. The number of esters is 1. The molecule has 0 radical (unpaired) electrons. The summed E-state index contributed by atoms with van der Waals surface area (Å²) in [7, 11) is 0. The predicted molar refractivity (Wildman–Crippen MR) is 138 cm³/mol. The van der Waals surface area contributed by atoms with Gasteiger partial charge in [-0.3, -0.25) is 9.59 Å². The number of aliphatic hydroxyl groups is 1. The lowest BCUT2D eigenvalue weighted by atomic mass is 9.71. The molecule has 0 spiro atoms. The number of carbonyl (C=O) groups excluding carboxylic acids is 3. The van der Waals surface area contributed by atoms with Gasteiger partial charge in [0.2, 0.25) is 5.78 Å². The summed E-state index contributed by atoms with van der Waals surface area (Å²) < 4.78 is 11.4. The van der Waals surface area contributed by atoms with E-state index < -0.39 is 28.7 Å². The van der Waals surface area contributed by atoms with Crippen LogP contribution < -0.4 is 5.73 Å². The van der Waals surface area contributed by atoms with E-state index in [1.165, 1.54) is 6.07 Å². The number of carbonyl (C=O) groups is 3. The molecular formula is C29H34N2O6. The lowest BCUT2D eigenvalue weighted by Crippen LogP contribution is -2.51. The number of aromatic nitrogens is 1. The summed E-state index contributed by atoms with van der Waals surface area (Å²) in [6, 6.07) is 10.1. The number of pyridine rings is 1. The molecule has 1 saturated heterocycles. The third-order valence-electron chi connectivity index (χ3n) is 7.37. The molecule has 2 unspecified atom stereocenters. The molecule has 2 aliphatic rings. The van der Waals surface area contributed by atoms with Crippen LogP contribution in [0, 0.1) is 0 Å². The van der Waals surface area contributed by atoms with Crippen LogP contribution in [0.15, 0.2) is 53.7 Å². The Hall–Kier alpha value is -3.36. The summed E-state index contributed by atoms with van der Waals surface area (Å²) in [6.45, 7) is 3.77. The molecule has 0 saturated carbocycles. The van der Waals surface area contributed by atoms with Gasteiger partial charge < -0.3 is 20.3 Å². The van der Waals surface area contributed by atoms with Crippen molar-refractivity contribution in [3.63, 3.8) is 0 Å². The van der Waals surface area contributed by atoms with Gasteiger partial charge in [-0.1, -0.05) is 56.0 Å². The number of nitrogens with two attached hydrogens (primary N) is 1. The summed E-state index contributed by atoms with van der Waals surface area (Å²) in [5.41, 5.74) is 4.80. The van der Waals surface area contributed by atoms with E-state index in [9.17, 15) is 19.5 Å². The van der Waals surface area contributed by atoms with Crippen molar-refractivity contribution in [1.82, 2.24) is 4.98 Å². The van der Waals surface area contributed by atoms with E-state index in [0.29, 0.717) is 30.7 Å². The Kier molecular flexibility index (Phi) is 7.90. The van der Waals surface area contributed by atoms with Crippen LogP contribution in [0.25, 0.3) is 0 Å². The Morgan fingerprint density at radius 1 is 1.11 bits per heavy atom. The number of nitrogens with zero attached hydrogens (tertiary/aromatic N) is 1. The average Bonchev–Trinajstić information content (AvgIpc) is 3.60. The lowest BCUT2D eigenvalue weighted by Gasteiger charge is -2.25. The fraction of sp³-hybridized carbons (Fsp3) is 0.448. The zero-order chi connectivity index (χ0) is 26.6. The first kappa shape index (κ1) is 26.7. The first-order valence-corrected chi connectivity index (χ1v) is 12.9. The first-order valence-electron chi connectivity index (χ1n) is 12.9. The summed E-state index contributed by atoms with van der Waals surface area (Å²) in [6.07, 6.45) is 6.43. The lowest BCUT2D eigenvalue weighted by molar-refractivity contribution is -0.148. The van der Waals surface area contributed by atoms with Crippen molar-refractivity contribution in [2.24, 2.45) is 0 Å². The molecule has 1 fully saturated rings. The Balaban J connectivity index is 1.61. The highest BCUT2D eigenvalue weighted by Crippen LogP contribution is 2.59. The number of Topliss-reactive ketones (excluding diaryl/α,β-unsaturated/α-hetero) is 2. The second-order valence-corrected chi connectivity index (χ2v) is 9.82. The van der Waals surface area contributed by atoms with E-state index in [-0.39, 0.29) is 30.8 Å². The van der Waals surface area contributed by atoms with Crippen LogP contribution in [0.5, 0.6) is 0 Å². The number of rotatable bonds is 12. The third-order valence-corrected chi connectivity index (χ3v) is 7.37. The molecule has 1 aliphatic heterocycles. The molecule has 8 nitrogen and oxygen atoms in total. The number of benzene rings is 1. The zero-order valence-electron chi connectivity index (χ0n) is 21.4. The van der Waals surface area contributed by atoms with E-state index in [4.69, 9.17) is 15.2 Å². The average molecular weight is 507 g/mol. The van der Waals surface area contributed by atoms with Crippen LogP contribution in [0.3, 0.4) is 0 Å². The fourth-order valence-electron chi connectivity index (χ4n) is 5.09. The maximum Gasteiger partial charge on any atom is 0.350 e. The minimum atomic E-state index is -2.02. The molecule has 0 bridgehead atoms. The number of allylic oxidation sites excluding steroid dienone is 1. The van der Waals surface area contributed by atoms with Crippen LogP contribution in [0.2, 0.25) is 0 Å². The van der Waals surface area contributed by atoms with E-state index in [1.807, 2.05) is 13.0 Å². The van der Waals surface area contributed by atoms with Crippen molar-refractivity contribution >= 4 is 23.4 Å². The maximum atomic E-state index is 13.7. The number of hydrogen-bond acceptors (Lipinski definition) is 8. The van der Waals surface area contributed by atoms with Crippen molar-refractivity contribution in [3.05, 3.63) is 70.4 Å². The summed E-state index contributed by atoms with van der Waals surface area (Å²) in [5, 5.41) is 10.2. The number of ether oxygens (including phenoxy) is 2. The van der Waals surface area contributed by atoms with Gasteiger partial charge in [-0.2, -0.15) is 0 Å². The largest absolute Gasteiger partial charge is 0.463 e. The smallest absolute Gasteiger partial charge is 0.350 e. The highest BCUT2D eigenvalue weighted by Gasteiger charge is 2.85. The van der Waals surface area contributed by atoms with Gasteiger partial charge in [-0.15, -0.1) is 0 Å². The predicted octanol–water partition coefficient (Wildman–Crippen LogP) is 4.01. The Morgan fingerprint density at radius 2 is 1.84 bits per heavy atom. The molecule has 3 N–H and O–H groups in total. The van der Waals surface area contributed by atoms with Crippen molar-refractivity contribution in [2.75, 3.05) is 18.9 Å². The number of aryl methyl sites for hydroxylation is 1. The number of ketones is 2. The van der Waals surface area contributed by atoms with Gasteiger partial charge in [-0.05, 0) is 49.5 Å². The molecule has 1 aromatic carbocycles. The van der Waals surface area contributed by atoms with Crippen LogP contribution in [-0.2, 0) is 20.7 Å². The highest BCUT2D eigenvalue weighted by molar-refractivity contribution is 6.32. The first-order chi connectivity index (χ1) is 17.8. The summed E-state index contributed by atoms with van der Waals surface area (Å²) >= 11 is 0. The van der Waals surface area contributed by atoms with Gasteiger partial charge in [0.1, 0.15) is 5.82 Å². The van der Waals surface area contributed by atoms with Gasteiger partial charge in [-0.25, -0.2) is 9.78 Å². The molecule has 4 rings (SSSR count).